The van der Waals surface area contributed by atoms with Gasteiger partial charge in [-0.15, -0.1) is 0 Å². The Morgan fingerprint density at radius 2 is 2.05 bits per heavy atom. The van der Waals surface area contributed by atoms with Gasteiger partial charge in [0.1, 0.15) is 17.1 Å². The first-order valence-electron chi connectivity index (χ1n) is 6.48. The van der Waals surface area contributed by atoms with Crippen LogP contribution in [0.5, 0.6) is 11.5 Å². The summed E-state index contributed by atoms with van der Waals surface area (Å²) in [5, 5.41) is 19.5. The van der Waals surface area contributed by atoms with Gasteiger partial charge in [-0.3, -0.25) is 0 Å². The number of hydrogen-bond acceptors (Lipinski definition) is 6. The molecule has 0 amide bonds. The number of ether oxygens (including phenoxy) is 3. The third-order valence-electron chi connectivity index (χ3n) is 3.12. The van der Waals surface area contributed by atoms with Crippen LogP contribution in [0.2, 0.25) is 0 Å². The van der Waals surface area contributed by atoms with Crippen LogP contribution in [0.1, 0.15) is 35.2 Å². The Hall–Kier alpha value is -1.79. The van der Waals surface area contributed by atoms with E-state index in [1.54, 1.807) is 0 Å². The predicted octanol–water partition coefficient (Wildman–Crippen LogP) is 1.93. The Kier molecular flexibility index (Phi) is 4.81. The lowest BCUT2D eigenvalue weighted by Gasteiger charge is -2.22. The Morgan fingerprint density at radius 1 is 1.35 bits per heavy atom. The van der Waals surface area contributed by atoms with Gasteiger partial charge in [0, 0.05) is 6.61 Å². The number of phenolic OH excluding ortho intramolecular Hbond substituents is 2. The van der Waals surface area contributed by atoms with Gasteiger partial charge in [0.2, 0.25) is 0 Å². The molecule has 1 aliphatic heterocycles. The molecule has 110 valence electrons. The van der Waals surface area contributed by atoms with Crippen LogP contribution in [0.15, 0.2) is 12.1 Å². The molecular formula is C14H18O6. The second-order valence-electron chi connectivity index (χ2n) is 4.61. The van der Waals surface area contributed by atoms with E-state index in [0.29, 0.717) is 12.2 Å². The summed E-state index contributed by atoms with van der Waals surface area (Å²) in [6, 6.07) is 2.74. The summed E-state index contributed by atoms with van der Waals surface area (Å²) < 4.78 is 15.4. The number of aromatic hydroxyl groups is 2. The number of hydrogen-bond donors (Lipinski definition) is 2. The standard InChI is InChI=1S/C14H18O6/c1-18-14(17)13-10(15)6-9(7-11(13)16)8-20-12-4-2-3-5-19-12/h6-7,12,15-16H,2-5,8H2,1H3. The van der Waals surface area contributed by atoms with Gasteiger partial charge < -0.3 is 24.4 Å². The van der Waals surface area contributed by atoms with Crippen molar-refractivity contribution in [3.63, 3.8) is 0 Å². The van der Waals surface area contributed by atoms with Crippen molar-refractivity contribution in [2.75, 3.05) is 13.7 Å². The lowest BCUT2D eigenvalue weighted by atomic mass is 10.1. The molecule has 0 bridgehead atoms. The van der Waals surface area contributed by atoms with Crippen molar-refractivity contribution < 1.29 is 29.2 Å². The van der Waals surface area contributed by atoms with Gasteiger partial charge in [-0.05, 0) is 37.0 Å². The molecule has 0 aliphatic carbocycles. The molecule has 1 aliphatic rings. The highest BCUT2D eigenvalue weighted by molar-refractivity contribution is 5.95. The largest absolute Gasteiger partial charge is 0.507 e. The van der Waals surface area contributed by atoms with Crippen LogP contribution in [0.4, 0.5) is 0 Å². The van der Waals surface area contributed by atoms with Crippen molar-refractivity contribution >= 4 is 5.97 Å². The first-order chi connectivity index (χ1) is 9.61. The van der Waals surface area contributed by atoms with E-state index in [-0.39, 0.29) is 30.0 Å². The van der Waals surface area contributed by atoms with Gasteiger partial charge in [0.25, 0.3) is 0 Å². The molecule has 6 nitrogen and oxygen atoms in total. The van der Waals surface area contributed by atoms with Crippen LogP contribution in [-0.2, 0) is 20.8 Å². The average Bonchev–Trinajstić information content (AvgIpc) is 2.45. The second kappa shape index (κ2) is 6.58. The van der Waals surface area contributed by atoms with Crippen molar-refractivity contribution in [2.24, 2.45) is 0 Å². The third kappa shape index (κ3) is 3.40. The minimum atomic E-state index is -0.789. The van der Waals surface area contributed by atoms with Crippen LogP contribution < -0.4 is 0 Å². The summed E-state index contributed by atoms with van der Waals surface area (Å²) in [5.41, 5.74) is 0.312. The Morgan fingerprint density at radius 3 is 2.60 bits per heavy atom. The minimum absolute atomic E-state index is 0.188. The molecule has 6 heteroatoms. The molecule has 2 N–H and O–H groups in total. The Labute approximate surface area is 116 Å². The molecule has 20 heavy (non-hydrogen) atoms. The van der Waals surface area contributed by atoms with E-state index < -0.39 is 5.97 Å². The van der Waals surface area contributed by atoms with Crippen molar-refractivity contribution in [2.45, 2.75) is 32.2 Å². The molecule has 1 aromatic rings. The number of phenols is 2. The zero-order chi connectivity index (χ0) is 14.5. The molecule has 1 heterocycles. The highest BCUT2D eigenvalue weighted by Gasteiger charge is 2.19. The second-order valence-corrected chi connectivity index (χ2v) is 4.61. The van der Waals surface area contributed by atoms with E-state index in [1.807, 2.05) is 0 Å². The van der Waals surface area contributed by atoms with Gasteiger partial charge >= 0.3 is 5.97 Å². The SMILES string of the molecule is COC(=O)c1c(O)cc(COC2CCCCO2)cc1O. The first kappa shape index (κ1) is 14.6. The molecule has 0 radical (unpaired) electrons. The predicted molar refractivity (Wildman–Crippen MR) is 69.5 cm³/mol. The van der Waals surface area contributed by atoms with Gasteiger partial charge in [0.05, 0.1) is 13.7 Å². The van der Waals surface area contributed by atoms with E-state index in [0.717, 1.165) is 19.3 Å². The molecular weight excluding hydrogens is 264 g/mol. The smallest absolute Gasteiger partial charge is 0.345 e. The van der Waals surface area contributed by atoms with Crippen molar-refractivity contribution in [1.29, 1.82) is 0 Å². The summed E-state index contributed by atoms with van der Waals surface area (Å²) in [6.45, 7) is 0.871. The maximum atomic E-state index is 11.4. The fraction of sp³-hybridized carbons (Fsp3) is 0.500. The van der Waals surface area contributed by atoms with Gasteiger partial charge in [-0.1, -0.05) is 0 Å². The molecule has 0 aromatic heterocycles. The van der Waals surface area contributed by atoms with E-state index in [1.165, 1.54) is 19.2 Å². The summed E-state index contributed by atoms with van der Waals surface area (Å²) in [5.74, 6) is -1.46. The molecule has 2 rings (SSSR count). The Balaban J connectivity index is 2.04. The molecule has 1 fully saturated rings. The number of benzene rings is 1. The average molecular weight is 282 g/mol. The van der Waals surface area contributed by atoms with Crippen molar-refractivity contribution in [3.8, 4) is 11.5 Å². The molecule has 1 aromatic carbocycles. The highest BCUT2D eigenvalue weighted by Crippen LogP contribution is 2.30. The van der Waals surface area contributed by atoms with Crippen molar-refractivity contribution in [1.82, 2.24) is 0 Å². The summed E-state index contributed by atoms with van der Waals surface area (Å²) in [7, 11) is 1.18. The summed E-state index contributed by atoms with van der Waals surface area (Å²) >= 11 is 0. The highest BCUT2D eigenvalue weighted by atomic mass is 16.7. The van der Waals surface area contributed by atoms with Crippen LogP contribution in [0.3, 0.4) is 0 Å². The van der Waals surface area contributed by atoms with E-state index in [4.69, 9.17) is 9.47 Å². The fourth-order valence-corrected chi connectivity index (χ4v) is 2.09. The number of carbonyl (C=O) groups is 1. The van der Waals surface area contributed by atoms with Crippen molar-refractivity contribution in [3.05, 3.63) is 23.3 Å². The van der Waals surface area contributed by atoms with E-state index in [2.05, 4.69) is 4.74 Å². The number of carbonyl (C=O) groups excluding carboxylic acids is 1. The molecule has 1 atom stereocenters. The zero-order valence-corrected chi connectivity index (χ0v) is 11.3. The summed E-state index contributed by atoms with van der Waals surface area (Å²) in [6.07, 6.45) is 2.67. The third-order valence-corrected chi connectivity index (χ3v) is 3.12. The summed E-state index contributed by atoms with van der Waals surface area (Å²) in [4.78, 5) is 11.4. The molecule has 1 unspecified atom stereocenters. The quantitative estimate of drug-likeness (QED) is 0.821. The van der Waals surface area contributed by atoms with E-state index >= 15 is 0 Å². The van der Waals surface area contributed by atoms with Gasteiger partial charge in [-0.2, -0.15) is 0 Å². The Bertz CT molecular complexity index is 456. The lowest BCUT2D eigenvalue weighted by molar-refractivity contribution is -0.168. The maximum absolute atomic E-state index is 11.4. The topological polar surface area (TPSA) is 85.2 Å². The number of esters is 1. The van der Waals surface area contributed by atoms with Crippen LogP contribution in [-0.4, -0.2) is 36.2 Å². The first-order valence-corrected chi connectivity index (χ1v) is 6.48. The van der Waals surface area contributed by atoms with Crippen LogP contribution in [0.25, 0.3) is 0 Å². The lowest BCUT2D eigenvalue weighted by Crippen LogP contribution is -2.22. The monoisotopic (exact) mass is 282 g/mol. The van der Waals surface area contributed by atoms with Crippen LogP contribution >= 0.6 is 0 Å². The minimum Gasteiger partial charge on any atom is -0.507 e. The van der Waals surface area contributed by atoms with Gasteiger partial charge in [0.15, 0.2) is 6.29 Å². The molecule has 0 spiro atoms. The number of rotatable bonds is 4. The van der Waals surface area contributed by atoms with E-state index in [9.17, 15) is 15.0 Å². The fourth-order valence-electron chi connectivity index (χ4n) is 2.09. The normalized spacial score (nSPS) is 18.8. The molecule has 0 saturated carbocycles. The maximum Gasteiger partial charge on any atom is 0.345 e. The molecule has 1 saturated heterocycles. The van der Waals surface area contributed by atoms with Crippen LogP contribution in [0, 0.1) is 0 Å². The van der Waals surface area contributed by atoms with Gasteiger partial charge in [-0.25, -0.2) is 4.79 Å². The number of methoxy groups -OCH3 is 1. The zero-order valence-electron chi connectivity index (χ0n) is 11.3.